The Bertz CT molecular complexity index is 1100. The molecule has 10 nitrogen and oxygen atoms in total. The third kappa shape index (κ3) is 6.08. The van der Waals surface area contributed by atoms with E-state index < -0.39 is 15.9 Å². The van der Waals surface area contributed by atoms with E-state index in [-0.39, 0.29) is 40.1 Å². The van der Waals surface area contributed by atoms with Crippen LogP contribution in [0.1, 0.15) is 11.1 Å². The van der Waals surface area contributed by atoms with Crippen molar-refractivity contribution in [1.82, 2.24) is 4.72 Å². The monoisotopic (exact) mass is 465 g/mol. The van der Waals surface area contributed by atoms with Gasteiger partial charge in [0.2, 0.25) is 0 Å². The highest BCUT2D eigenvalue weighted by Crippen LogP contribution is 2.35. The number of carbonyl (C=O) groups excluding carboxylic acids is 1. The van der Waals surface area contributed by atoms with Gasteiger partial charge in [-0.2, -0.15) is 0 Å². The number of phenolic OH excluding ortho intramolecular Hbond substituents is 2. The molecule has 0 aromatic heterocycles. The second-order valence-electron chi connectivity index (χ2n) is 6.18. The van der Waals surface area contributed by atoms with Crippen molar-refractivity contribution >= 4 is 28.1 Å². The number of amides is 1. The molecule has 2 aromatic carbocycles. The van der Waals surface area contributed by atoms with Crippen LogP contribution in [0.15, 0.2) is 35.7 Å². The van der Waals surface area contributed by atoms with Crippen LogP contribution in [0.4, 0.5) is 0 Å². The van der Waals surface area contributed by atoms with Gasteiger partial charge in [0.05, 0.1) is 45.0 Å². The molecular formula is C21H23NO9S. The molecule has 1 amide bonds. The third-order valence-corrected chi connectivity index (χ3v) is 5.10. The van der Waals surface area contributed by atoms with Crippen molar-refractivity contribution in [3.05, 3.63) is 46.9 Å². The van der Waals surface area contributed by atoms with E-state index in [4.69, 9.17) is 18.9 Å². The van der Waals surface area contributed by atoms with Gasteiger partial charge in [-0.15, -0.1) is 0 Å². The van der Waals surface area contributed by atoms with Crippen molar-refractivity contribution in [2.75, 3.05) is 28.4 Å². The summed E-state index contributed by atoms with van der Waals surface area (Å²) in [5.41, 5.74) is 0.578. The smallest absolute Gasteiger partial charge is 0.257 e. The number of rotatable bonds is 9. The minimum absolute atomic E-state index is 0.104. The highest BCUT2D eigenvalue weighted by molar-refractivity contribution is 7.93. The lowest BCUT2D eigenvalue weighted by atomic mass is 10.1. The quantitative estimate of drug-likeness (QED) is 0.476. The summed E-state index contributed by atoms with van der Waals surface area (Å²) in [6.07, 6.45) is 3.44. The first kappa shape index (κ1) is 24.4. The van der Waals surface area contributed by atoms with Crippen LogP contribution in [0, 0.1) is 0 Å². The number of carbonyl (C=O) groups is 1. The van der Waals surface area contributed by atoms with Crippen LogP contribution in [-0.2, 0) is 14.8 Å². The SMILES string of the molecule is COc1cc(O)cc(OC)c1/C=C\S(=O)(=O)NC(=O)/C=C/c1c(OC)cc(O)cc1OC. The maximum Gasteiger partial charge on any atom is 0.257 e. The number of sulfonamides is 1. The van der Waals surface area contributed by atoms with E-state index >= 15 is 0 Å². The molecule has 2 aromatic rings. The predicted molar refractivity (Wildman–Crippen MR) is 118 cm³/mol. The molecule has 172 valence electrons. The van der Waals surface area contributed by atoms with Crippen molar-refractivity contribution < 1.29 is 42.4 Å². The zero-order chi connectivity index (χ0) is 23.9. The Morgan fingerprint density at radius 1 is 0.781 bits per heavy atom. The predicted octanol–water partition coefficient (Wildman–Crippen LogP) is 2.26. The number of nitrogens with one attached hydrogen (secondary N) is 1. The van der Waals surface area contributed by atoms with Crippen LogP contribution in [0.3, 0.4) is 0 Å². The molecule has 0 fully saturated rings. The van der Waals surface area contributed by atoms with Crippen LogP contribution in [0.25, 0.3) is 12.2 Å². The van der Waals surface area contributed by atoms with Crippen LogP contribution in [-0.4, -0.2) is 53.0 Å². The van der Waals surface area contributed by atoms with Crippen molar-refractivity contribution in [2.24, 2.45) is 0 Å². The van der Waals surface area contributed by atoms with Gasteiger partial charge in [-0.25, -0.2) is 13.1 Å². The van der Waals surface area contributed by atoms with Crippen LogP contribution < -0.4 is 23.7 Å². The zero-order valence-electron chi connectivity index (χ0n) is 17.8. The number of methoxy groups -OCH3 is 4. The Morgan fingerprint density at radius 2 is 1.16 bits per heavy atom. The highest BCUT2D eigenvalue weighted by atomic mass is 32.2. The van der Waals surface area contributed by atoms with Crippen LogP contribution >= 0.6 is 0 Å². The fourth-order valence-corrected chi connectivity index (χ4v) is 3.44. The van der Waals surface area contributed by atoms with Gasteiger partial charge in [0.15, 0.2) is 0 Å². The minimum Gasteiger partial charge on any atom is -0.508 e. The molecule has 0 atom stereocenters. The third-order valence-electron chi connectivity index (χ3n) is 4.12. The zero-order valence-corrected chi connectivity index (χ0v) is 18.6. The molecule has 0 bridgehead atoms. The first-order valence-corrected chi connectivity index (χ1v) is 10.5. The van der Waals surface area contributed by atoms with E-state index in [1.165, 1.54) is 64.9 Å². The largest absolute Gasteiger partial charge is 0.508 e. The maximum absolute atomic E-state index is 12.3. The first-order chi connectivity index (χ1) is 15.1. The Kier molecular flexibility index (Phi) is 7.97. The van der Waals surface area contributed by atoms with Gasteiger partial charge in [0.25, 0.3) is 15.9 Å². The second-order valence-corrected chi connectivity index (χ2v) is 7.74. The van der Waals surface area contributed by atoms with Crippen LogP contribution in [0.5, 0.6) is 34.5 Å². The van der Waals surface area contributed by atoms with Crippen molar-refractivity contribution in [1.29, 1.82) is 0 Å². The number of ether oxygens (including phenoxy) is 4. The molecule has 11 heteroatoms. The summed E-state index contributed by atoms with van der Waals surface area (Å²) in [5.74, 6) is -0.376. The van der Waals surface area contributed by atoms with Gasteiger partial charge >= 0.3 is 0 Å². The molecule has 3 N–H and O–H groups in total. The summed E-state index contributed by atoms with van der Waals surface area (Å²) in [6.45, 7) is 0. The van der Waals surface area contributed by atoms with Crippen molar-refractivity contribution in [3.63, 3.8) is 0 Å². The lowest BCUT2D eigenvalue weighted by molar-refractivity contribution is -0.114. The van der Waals surface area contributed by atoms with Gasteiger partial charge < -0.3 is 29.2 Å². The minimum atomic E-state index is -4.19. The number of aromatic hydroxyl groups is 2. The molecule has 0 unspecified atom stereocenters. The average Bonchev–Trinajstić information content (AvgIpc) is 2.75. The number of phenols is 2. The van der Waals surface area contributed by atoms with E-state index in [1.54, 1.807) is 0 Å². The molecule has 2 rings (SSSR count). The number of hydrogen-bond donors (Lipinski definition) is 3. The second kappa shape index (κ2) is 10.4. The summed E-state index contributed by atoms with van der Waals surface area (Å²) in [5, 5.41) is 20.1. The molecule has 0 aliphatic heterocycles. The fraction of sp³-hybridized carbons (Fsp3) is 0.190. The summed E-state index contributed by atoms with van der Waals surface area (Å²) in [7, 11) is 1.24. The Labute approximate surface area is 185 Å². The van der Waals surface area contributed by atoms with Crippen LogP contribution in [0.2, 0.25) is 0 Å². The Morgan fingerprint density at radius 3 is 1.53 bits per heavy atom. The van der Waals surface area contributed by atoms with Gasteiger partial charge in [-0.1, -0.05) is 0 Å². The molecule has 0 radical (unpaired) electrons. The van der Waals surface area contributed by atoms with Crippen molar-refractivity contribution in [3.8, 4) is 34.5 Å². The molecule has 32 heavy (non-hydrogen) atoms. The molecule has 0 saturated carbocycles. The maximum atomic E-state index is 12.3. The molecular weight excluding hydrogens is 442 g/mol. The van der Waals surface area contributed by atoms with Crippen molar-refractivity contribution in [2.45, 2.75) is 0 Å². The van der Waals surface area contributed by atoms with E-state index in [0.29, 0.717) is 5.56 Å². The lowest BCUT2D eigenvalue weighted by Gasteiger charge is -2.11. The Hall–Kier alpha value is -3.86. The van der Waals surface area contributed by atoms with E-state index in [9.17, 15) is 23.4 Å². The molecule has 0 aliphatic rings. The highest BCUT2D eigenvalue weighted by Gasteiger charge is 2.15. The summed E-state index contributed by atoms with van der Waals surface area (Å²) in [6, 6.07) is 5.21. The summed E-state index contributed by atoms with van der Waals surface area (Å²) < 4.78 is 47.1. The van der Waals surface area contributed by atoms with Gasteiger partial charge in [0, 0.05) is 30.3 Å². The molecule has 0 aliphatic carbocycles. The summed E-state index contributed by atoms with van der Waals surface area (Å²) in [4.78, 5) is 12.2. The first-order valence-electron chi connectivity index (χ1n) is 8.97. The standard InChI is InChI=1S/C21H23NO9S/c1-28-17-9-13(23)10-18(29-2)15(17)5-6-21(25)22-32(26,27)8-7-16-19(30-3)11-14(24)12-20(16)31-4/h5-12,23-24H,1-4H3,(H,22,25)/b6-5+,8-7-. The van der Waals surface area contributed by atoms with Gasteiger partial charge in [-0.05, 0) is 12.2 Å². The topological polar surface area (TPSA) is 141 Å². The van der Waals surface area contributed by atoms with E-state index in [0.717, 1.165) is 11.5 Å². The van der Waals surface area contributed by atoms with Gasteiger partial charge in [-0.3, -0.25) is 4.79 Å². The van der Waals surface area contributed by atoms with E-state index in [1.807, 2.05) is 4.72 Å². The van der Waals surface area contributed by atoms with Gasteiger partial charge in [0.1, 0.15) is 34.5 Å². The van der Waals surface area contributed by atoms with E-state index in [2.05, 4.69) is 0 Å². The average molecular weight is 465 g/mol. The molecule has 0 heterocycles. The lowest BCUT2D eigenvalue weighted by Crippen LogP contribution is -2.26. The Balaban J connectivity index is 2.25. The fourth-order valence-electron chi connectivity index (χ4n) is 2.70. The normalized spacial score (nSPS) is 11.5. The summed E-state index contributed by atoms with van der Waals surface area (Å²) >= 11 is 0. The molecule has 0 saturated heterocycles. The molecule has 0 spiro atoms. The number of benzene rings is 2. The number of hydrogen-bond acceptors (Lipinski definition) is 9.